The first-order valence-electron chi connectivity index (χ1n) is 8.07. The van der Waals surface area contributed by atoms with Gasteiger partial charge in [-0.2, -0.15) is 4.31 Å². The van der Waals surface area contributed by atoms with E-state index >= 15 is 0 Å². The van der Waals surface area contributed by atoms with Crippen LogP contribution in [0.25, 0.3) is 0 Å². The first-order chi connectivity index (χ1) is 12.1. The molecule has 0 unspecified atom stereocenters. The molecule has 1 heterocycles. The van der Waals surface area contributed by atoms with E-state index in [9.17, 15) is 8.42 Å². The molecular formula is C17H25IN4O3S. The minimum atomic E-state index is -3.36. The number of nitrogens with one attached hydrogen (secondary N) is 2. The Morgan fingerprint density at radius 3 is 2.54 bits per heavy atom. The van der Waals surface area contributed by atoms with Crippen molar-refractivity contribution in [3.05, 3.63) is 35.4 Å². The number of nitrogens with zero attached hydrogens (tertiary/aromatic N) is 2. The summed E-state index contributed by atoms with van der Waals surface area (Å²) in [5.41, 5.74) is 1.68. The number of benzene rings is 1. The largest absolute Gasteiger partial charge is 0.379 e. The second-order valence-corrected chi connectivity index (χ2v) is 7.49. The lowest BCUT2D eigenvalue weighted by Gasteiger charge is -2.26. The Hall–Kier alpha value is -1.35. The Bertz CT molecular complexity index is 741. The first kappa shape index (κ1) is 22.7. The first-order valence-corrected chi connectivity index (χ1v) is 9.68. The zero-order valence-corrected chi connectivity index (χ0v) is 17.9. The molecule has 1 fully saturated rings. The normalized spacial score (nSPS) is 15.6. The molecule has 26 heavy (non-hydrogen) atoms. The molecule has 1 saturated heterocycles. The lowest BCUT2D eigenvalue weighted by atomic mass is 10.1. The van der Waals surface area contributed by atoms with Gasteiger partial charge in [0.1, 0.15) is 0 Å². The van der Waals surface area contributed by atoms with Gasteiger partial charge in [-0.3, -0.25) is 4.99 Å². The number of halogens is 1. The van der Waals surface area contributed by atoms with E-state index in [1.165, 1.54) is 4.31 Å². The molecule has 1 aliphatic rings. The van der Waals surface area contributed by atoms with Crippen LogP contribution < -0.4 is 10.6 Å². The smallest absolute Gasteiger partial charge is 0.218 e. The Balaban J connectivity index is 0.00000338. The van der Waals surface area contributed by atoms with Crippen LogP contribution in [0.4, 0.5) is 0 Å². The van der Waals surface area contributed by atoms with E-state index in [0.717, 1.165) is 11.1 Å². The van der Waals surface area contributed by atoms with Crippen molar-refractivity contribution in [2.24, 2.45) is 4.99 Å². The van der Waals surface area contributed by atoms with E-state index in [1.807, 2.05) is 24.3 Å². The molecule has 144 valence electrons. The van der Waals surface area contributed by atoms with Gasteiger partial charge >= 0.3 is 0 Å². The third kappa shape index (κ3) is 6.75. The van der Waals surface area contributed by atoms with Crippen molar-refractivity contribution in [3.8, 4) is 12.3 Å². The van der Waals surface area contributed by atoms with E-state index in [0.29, 0.717) is 45.4 Å². The van der Waals surface area contributed by atoms with Crippen molar-refractivity contribution in [3.63, 3.8) is 0 Å². The summed E-state index contributed by atoms with van der Waals surface area (Å²) in [6.07, 6.45) is 5.23. The third-order valence-corrected chi connectivity index (χ3v) is 5.68. The van der Waals surface area contributed by atoms with Gasteiger partial charge in [-0.15, -0.1) is 30.4 Å². The molecule has 9 heteroatoms. The third-order valence-electron chi connectivity index (χ3n) is 3.85. The highest BCUT2D eigenvalue weighted by Gasteiger charge is 2.25. The monoisotopic (exact) mass is 492 g/mol. The highest BCUT2D eigenvalue weighted by atomic mass is 127. The molecule has 0 amide bonds. The van der Waals surface area contributed by atoms with Gasteiger partial charge in [0.25, 0.3) is 0 Å². The lowest BCUT2D eigenvalue weighted by molar-refractivity contribution is 0.0729. The molecule has 1 aromatic carbocycles. The molecule has 2 rings (SSSR count). The van der Waals surface area contributed by atoms with E-state index in [-0.39, 0.29) is 29.7 Å². The van der Waals surface area contributed by atoms with E-state index < -0.39 is 10.0 Å². The van der Waals surface area contributed by atoms with Crippen LogP contribution in [0.1, 0.15) is 11.1 Å². The van der Waals surface area contributed by atoms with Crippen molar-refractivity contribution in [1.29, 1.82) is 0 Å². The molecule has 0 radical (unpaired) electrons. The van der Waals surface area contributed by atoms with Gasteiger partial charge in [0.15, 0.2) is 5.96 Å². The summed E-state index contributed by atoms with van der Waals surface area (Å²) in [4.78, 5) is 4.08. The molecule has 0 saturated carbocycles. The molecule has 0 aliphatic carbocycles. The highest BCUT2D eigenvalue weighted by molar-refractivity contribution is 14.0. The lowest BCUT2D eigenvalue weighted by Crippen LogP contribution is -2.41. The molecule has 1 aromatic rings. The predicted octanol–water partition coefficient (Wildman–Crippen LogP) is 0.765. The minimum Gasteiger partial charge on any atom is -0.379 e. The second kappa shape index (κ2) is 11.4. The van der Waals surface area contributed by atoms with E-state index in [1.54, 1.807) is 7.05 Å². The number of terminal acetylenes is 1. The van der Waals surface area contributed by atoms with Crippen LogP contribution in [0.2, 0.25) is 0 Å². The van der Waals surface area contributed by atoms with Crippen molar-refractivity contribution in [1.82, 2.24) is 14.9 Å². The molecule has 0 spiro atoms. The number of hydrogen-bond acceptors (Lipinski definition) is 4. The number of morpholine rings is 1. The fraction of sp³-hybridized carbons (Fsp3) is 0.471. The maximum atomic E-state index is 12.6. The number of rotatable bonds is 6. The van der Waals surface area contributed by atoms with Crippen molar-refractivity contribution in [2.75, 3.05) is 39.9 Å². The summed E-state index contributed by atoms with van der Waals surface area (Å²) in [6.45, 7) is 2.53. The number of guanidine groups is 1. The molecule has 0 atom stereocenters. The highest BCUT2D eigenvalue weighted by Crippen LogP contribution is 2.16. The van der Waals surface area contributed by atoms with Gasteiger partial charge in [0, 0.05) is 26.7 Å². The number of ether oxygens (including phenoxy) is 1. The van der Waals surface area contributed by atoms with Gasteiger partial charge in [-0.05, 0) is 11.1 Å². The Morgan fingerprint density at radius 1 is 1.27 bits per heavy atom. The number of hydrogen-bond donors (Lipinski definition) is 2. The number of aliphatic imine (C=N–C) groups is 1. The summed E-state index contributed by atoms with van der Waals surface area (Å²) >= 11 is 0. The van der Waals surface area contributed by atoms with Crippen LogP contribution in [0.5, 0.6) is 0 Å². The molecule has 7 nitrogen and oxygen atoms in total. The van der Waals surface area contributed by atoms with Crippen LogP contribution in [0, 0.1) is 12.3 Å². The van der Waals surface area contributed by atoms with Crippen LogP contribution in [-0.2, 0) is 27.1 Å². The van der Waals surface area contributed by atoms with Crippen molar-refractivity contribution >= 4 is 40.0 Å². The van der Waals surface area contributed by atoms with E-state index in [2.05, 4.69) is 21.5 Å². The fourth-order valence-electron chi connectivity index (χ4n) is 2.52. The maximum Gasteiger partial charge on any atom is 0.218 e. The van der Waals surface area contributed by atoms with Gasteiger partial charge < -0.3 is 15.4 Å². The maximum absolute atomic E-state index is 12.6. The molecule has 1 aliphatic heterocycles. The van der Waals surface area contributed by atoms with Crippen molar-refractivity contribution < 1.29 is 13.2 Å². The SMILES string of the molecule is C#CCNC(=NC)NCc1ccccc1CS(=O)(=O)N1CCOCC1.I. The molecule has 2 N–H and O–H groups in total. The zero-order chi connectivity index (χ0) is 18.1. The van der Waals surface area contributed by atoms with Crippen LogP contribution in [-0.4, -0.2) is 58.6 Å². The minimum absolute atomic E-state index is 0. The Kier molecular flexibility index (Phi) is 9.93. The molecule has 0 aromatic heterocycles. The summed E-state index contributed by atoms with van der Waals surface area (Å²) in [7, 11) is -1.71. The summed E-state index contributed by atoms with van der Waals surface area (Å²) < 4.78 is 32.0. The predicted molar refractivity (Wildman–Crippen MR) is 114 cm³/mol. The van der Waals surface area contributed by atoms with Crippen molar-refractivity contribution in [2.45, 2.75) is 12.3 Å². The fourth-order valence-corrected chi connectivity index (χ4v) is 4.08. The standard InChI is InChI=1S/C17H24N4O3S.HI/c1-3-8-19-17(18-2)20-13-15-6-4-5-7-16(15)14-25(22,23)21-9-11-24-12-10-21;/h1,4-7H,8-14H2,2H3,(H2,18,19,20);1H. The Labute approximate surface area is 172 Å². The summed E-state index contributed by atoms with van der Waals surface area (Å²) in [5.74, 6) is 3.03. The van der Waals surface area contributed by atoms with E-state index in [4.69, 9.17) is 11.2 Å². The van der Waals surface area contributed by atoms with Gasteiger partial charge in [0.05, 0.1) is 25.5 Å². The van der Waals surface area contributed by atoms with Gasteiger partial charge in [-0.1, -0.05) is 30.2 Å². The average molecular weight is 492 g/mol. The summed E-state index contributed by atoms with van der Waals surface area (Å²) in [5, 5.41) is 6.11. The average Bonchev–Trinajstić information content (AvgIpc) is 2.63. The van der Waals surface area contributed by atoms with Gasteiger partial charge in [0.2, 0.25) is 10.0 Å². The number of sulfonamides is 1. The van der Waals surface area contributed by atoms with Crippen LogP contribution in [0.15, 0.2) is 29.3 Å². The zero-order valence-electron chi connectivity index (χ0n) is 14.8. The molecular weight excluding hydrogens is 467 g/mol. The topological polar surface area (TPSA) is 83.0 Å². The van der Waals surface area contributed by atoms with Crippen LogP contribution in [0.3, 0.4) is 0 Å². The second-order valence-electron chi connectivity index (χ2n) is 5.52. The van der Waals surface area contributed by atoms with Crippen LogP contribution >= 0.6 is 24.0 Å². The van der Waals surface area contributed by atoms with Gasteiger partial charge in [-0.25, -0.2) is 8.42 Å². The quantitative estimate of drug-likeness (QED) is 0.265. The molecule has 0 bridgehead atoms. The Morgan fingerprint density at radius 2 is 1.92 bits per heavy atom. The summed E-state index contributed by atoms with van der Waals surface area (Å²) in [6, 6.07) is 7.48.